The van der Waals surface area contributed by atoms with Gasteiger partial charge in [-0.1, -0.05) is 13.0 Å². The van der Waals surface area contributed by atoms with Gasteiger partial charge in [0, 0.05) is 6.20 Å². The van der Waals surface area contributed by atoms with E-state index in [1.54, 1.807) is 18.3 Å². The SMILES string of the molecule is CCCNC(C(N)=O)c1ccccn1. The fourth-order valence-corrected chi connectivity index (χ4v) is 1.19. The molecule has 14 heavy (non-hydrogen) atoms. The Hall–Kier alpha value is -1.42. The third kappa shape index (κ3) is 2.81. The number of nitrogens with zero attached hydrogens (tertiary/aromatic N) is 1. The number of nitrogens with two attached hydrogens (primary N) is 1. The van der Waals surface area contributed by atoms with Gasteiger partial charge in [0.15, 0.2) is 0 Å². The molecule has 4 nitrogen and oxygen atoms in total. The molecule has 0 aliphatic heterocycles. The number of carbonyl (C=O) groups excluding carboxylic acids is 1. The van der Waals surface area contributed by atoms with Crippen molar-refractivity contribution in [1.29, 1.82) is 0 Å². The lowest BCUT2D eigenvalue weighted by molar-refractivity contribution is -0.120. The molecule has 0 radical (unpaired) electrons. The van der Waals surface area contributed by atoms with Gasteiger partial charge in [0.1, 0.15) is 6.04 Å². The fraction of sp³-hybridized carbons (Fsp3) is 0.400. The quantitative estimate of drug-likeness (QED) is 0.719. The molecule has 4 heteroatoms. The second-order valence-corrected chi connectivity index (χ2v) is 3.04. The number of nitrogens with one attached hydrogen (secondary N) is 1. The van der Waals surface area contributed by atoms with Crippen LogP contribution >= 0.6 is 0 Å². The van der Waals surface area contributed by atoms with Gasteiger partial charge < -0.3 is 11.1 Å². The van der Waals surface area contributed by atoms with Crippen LogP contribution in [0.25, 0.3) is 0 Å². The van der Waals surface area contributed by atoms with E-state index in [0.717, 1.165) is 13.0 Å². The third-order valence-corrected chi connectivity index (χ3v) is 1.87. The Morgan fingerprint density at radius 2 is 2.43 bits per heavy atom. The molecule has 1 unspecified atom stereocenters. The molecule has 0 fully saturated rings. The predicted molar refractivity (Wildman–Crippen MR) is 54.5 cm³/mol. The molecule has 0 aromatic carbocycles. The molecule has 1 amide bonds. The van der Waals surface area contributed by atoms with Gasteiger partial charge in [0.05, 0.1) is 5.69 Å². The molecule has 0 bridgehead atoms. The fourth-order valence-electron chi connectivity index (χ4n) is 1.19. The van der Waals surface area contributed by atoms with Crippen LogP contribution < -0.4 is 11.1 Å². The van der Waals surface area contributed by atoms with E-state index in [-0.39, 0.29) is 0 Å². The van der Waals surface area contributed by atoms with E-state index in [4.69, 9.17) is 5.73 Å². The van der Waals surface area contributed by atoms with Crippen molar-refractivity contribution >= 4 is 5.91 Å². The van der Waals surface area contributed by atoms with Crippen molar-refractivity contribution < 1.29 is 4.79 Å². The highest BCUT2D eigenvalue weighted by atomic mass is 16.1. The van der Waals surface area contributed by atoms with Crippen LogP contribution in [0.15, 0.2) is 24.4 Å². The monoisotopic (exact) mass is 193 g/mol. The zero-order valence-electron chi connectivity index (χ0n) is 8.23. The van der Waals surface area contributed by atoms with Gasteiger partial charge in [-0.2, -0.15) is 0 Å². The molecular weight excluding hydrogens is 178 g/mol. The van der Waals surface area contributed by atoms with Crippen LogP contribution in [0.2, 0.25) is 0 Å². The molecule has 1 aromatic rings. The van der Waals surface area contributed by atoms with Crippen molar-refractivity contribution in [3.05, 3.63) is 30.1 Å². The molecular formula is C10H15N3O. The summed E-state index contributed by atoms with van der Waals surface area (Å²) >= 11 is 0. The van der Waals surface area contributed by atoms with E-state index >= 15 is 0 Å². The van der Waals surface area contributed by atoms with Crippen LogP contribution in [0.4, 0.5) is 0 Å². The molecule has 0 aliphatic carbocycles. The van der Waals surface area contributed by atoms with E-state index in [0.29, 0.717) is 5.69 Å². The number of primary amides is 1. The molecule has 1 atom stereocenters. The largest absolute Gasteiger partial charge is 0.368 e. The number of amides is 1. The Balaban J connectivity index is 2.73. The maximum Gasteiger partial charge on any atom is 0.240 e. The average molecular weight is 193 g/mol. The lowest BCUT2D eigenvalue weighted by Crippen LogP contribution is -2.34. The number of hydrogen-bond donors (Lipinski definition) is 2. The van der Waals surface area contributed by atoms with Crippen LogP contribution in [0.5, 0.6) is 0 Å². The summed E-state index contributed by atoms with van der Waals surface area (Å²) in [5, 5.41) is 3.05. The highest BCUT2D eigenvalue weighted by molar-refractivity contribution is 5.80. The van der Waals surface area contributed by atoms with Crippen molar-refractivity contribution in [2.45, 2.75) is 19.4 Å². The van der Waals surface area contributed by atoms with Crippen molar-refractivity contribution in [3.8, 4) is 0 Å². The van der Waals surface area contributed by atoms with Gasteiger partial charge in [-0.3, -0.25) is 9.78 Å². The normalized spacial score (nSPS) is 12.4. The molecule has 1 aromatic heterocycles. The van der Waals surface area contributed by atoms with E-state index in [2.05, 4.69) is 10.3 Å². The van der Waals surface area contributed by atoms with Crippen LogP contribution in [0, 0.1) is 0 Å². The second kappa shape index (κ2) is 5.34. The maximum atomic E-state index is 11.1. The zero-order valence-corrected chi connectivity index (χ0v) is 8.23. The molecule has 0 spiro atoms. The van der Waals surface area contributed by atoms with Gasteiger partial charge in [0.2, 0.25) is 5.91 Å². The third-order valence-electron chi connectivity index (χ3n) is 1.87. The summed E-state index contributed by atoms with van der Waals surface area (Å²) in [6, 6.07) is 4.96. The van der Waals surface area contributed by atoms with Crippen LogP contribution in [-0.4, -0.2) is 17.4 Å². The lowest BCUT2D eigenvalue weighted by Gasteiger charge is -2.13. The van der Waals surface area contributed by atoms with Gasteiger partial charge in [-0.25, -0.2) is 0 Å². The minimum absolute atomic E-state index is 0.392. The minimum atomic E-state index is -0.476. The Kier molecular flexibility index (Phi) is 4.07. The summed E-state index contributed by atoms with van der Waals surface area (Å²) in [7, 11) is 0. The van der Waals surface area contributed by atoms with Gasteiger partial charge >= 0.3 is 0 Å². The van der Waals surface area contributed by atoms with Crippen molar-refractivity contribution in [2.24, 2.45) is 5.73 Å². The summed E-state index contributed by atoms with van der Waals surface area (Å²) in [5.74, 6) is -0.392. The molecule has 1 rings (SSSR count). The summed E-state index contributed by atoms with van der Waals surface area (Å²) in [6.45, 7) is 2.79. The molecule has 0 aliphatic rings. The summed E-state index contributed by atoms with van der Waals surface area (Å²) in [4.78, 5) is 15.2. The van der Waals surface area contributed by atoms with E-state index in [9.17, 15) is 4.79 Å². The van der Waals surface area contributed by atoms with Crippen LogP contribution in [0.1, 0.15) is 25.1 Å². The highest BCUT2D eigenvalue weighted by Crippen LogP contribution is 2.07. The molecule has 0 saturated heterocycles. The van der Waals surface area contributed by atoms with Gasteiger partial charge in [-0.05, 0) is 25.1 Å². The van der Waals surface area contributed by atoms with Gasteiger partial charge in [-0.15, -0.1) is 0 Å². The number of rotatable bonds is 5. The molecule has 1 heterocycles. The molecule has 76 valence electrons. The average Bonchev–Trinajstić information content (AvgIpc) is 2.19. The lowest BCUT2D eigenvalue weighted by atomic mass is 10.1. The predicted octanol–water partition coefficient (Wildman–Crippen LogP) is 0.608. The highest BCUT2D eigenvalue weighted by Gasteiger charge is 2.16. The van der Waals surface area contributed by atoms with E-state index in [1.807, 2.05) is 13.0 Å². The second-order valence-electron chi connectivity index (χ2n) is 3.04. The van der Waals surface area contributed by atoms with Crippen molar-refractivity contribution in [2.75, 3.05) is 6.54 Å². The van der Waals surface area contributed by atoms with Crippen molar-refractivity contribution in [3.63, 3.8) is 0 Å². The Morgan fingerprint density at radius 1 is 1.64 bits per heavy atom. The topological polar surface area (TPSA) is 68.0 Å². The number of hydrogen-bond acceptors (Lipinski definition) is 3. The molecule has 3 N–H and O–H groups in total. The summed E-state index contributed by atoms with van der Waals surface area (Å²) < 4.78 is 0. The summed E-state index contributed by atoms with van der Waals surface area (Å²) in [6.07, 6.45) is 2.61. The first-order valence-corrected chi connectivity index (χ1v) is 4.69. The Bertz CT molecular complexity index is 287. The van der Waals surface area contributed by atoms with E-state index < -0.39 is 11.9 Å². The Morgan fingerprint density at radius 3 is 2.93 bits per heavy atom. The van der Waals surface area contributed by atoms with Crippen LogP contribution in [0.3, 0.4) is 0 Å². The Labute approximate surface area is 83.5 Å². The zero-order chi connectivity index (χ0) is 10.4. The smallest absolute Gasteiger partial charge is 0.240 e. The van der Waals surface area contributed by atoms with Gasteiger partial charge in [0.25, 0.3) is 0 Å². The standard InChI is InChI=1S/C10H15N3O/c1-2-6-13-9(10(11)14)8-5-3-4-7-12-8/h3-5,7,9,13H,2,6H2,1H3,(H2,11,14). The van der Waals surface area contributed by atoms with E-state index in [1.165, 1.54) is 0 Å². The summed E-state index contributed by atoms with van der Waals surface area (Å²) in [5.41, 5.74) is 5.94. The number of carbonyl (C=O) groups is 1. The first-order valence-electron chi connectivity index (χ1n) is 4.69. The first-order chi connectivity index (χ1) is 6.75. The maximum absolute atomic E-state index is 11.1. The van der Waals surface area contributed by atoms with Crippen LogP contribution in [-0.2, 0) is 4.79 Å². The molecule has 0 saturated carbocycles. The number of aromatic nitrogens is 1. The number of pyridine rings is 1. The van der Waals surface area contributed by atoms with Crippen molar-refractivity contribution in [1.82, 2.24) is 10.3 Å². The first kappa shape index (κ1) is 10.7. The minimum Gasteiger partial charge on any atom is -0.368 e.